The number of carboxylic acids is 1. The fourth-order valence-corrected chi connectivity index (χ4v) is 8.22. The van der Waals surface area contributed by atoms with Gasteiger partial charge in [-0.25, -0.2) is 0 Å². The van der Waals surface area contributed by atoms with Crippen molar-refractivity contribution in [3.05, 3.63) is 36.5 Å². The zero-order valence-corrected chi connectivity index (χ0v) is 43.4. The minimum atomic E-state index is -1.12. The number of rotatable bonds is 50. The molecule has 0 rings (SSSR count). The average Bonchev–Trinajstić information content (AvgIpc) is 3.27. The van der Waals surface area contributed by atoms with Crippen molar-refractivity contribution in [3.63, 3.8) is 0 Å². The van der Waals surface area contributed by atoms with Crippen molar-refractivity contribution in [3.8, 4) is 0 Å². The summed E-state index contributed by atoms with van der Waals surface area (Å²) >= 11 is 0. The number of hydrogen-bond donors (Lipinski definition) is 0. The summed E-state index contributed by atoms with van der Waals surface area (Å²) < 4.78 is 17.3. The second-order valence-corrected chi connectivity index (χ2v) is 19.8. The van der Waals surface area contributed by atoms with Crippen molar-refractivity contribution in [2.24, 2.45) is 0 Å². The largest absolute Gasteiger partial charge is 0.544 e. The van der Waals surface area contributed by atoms with Crippen LogP contribution in [0.2, 0.25) is 0 Å². The molecule has 0 heterocycles. The van der Waals surface area contributed by atoms with Gasteiger partial charge in [0.1, 0.15) is 12.6 Å². The summed E-state index contributed by atoms with van der Waals surface area (Å²) in [6.07, 6.45) is 57.5. The summed E-state index contributed by atoms with van der Waals surface area (Å²) in [7, 11) is 5.42. The molecule has 0 radical (unpaired) electrons. The van der Waals surface area contributed by atoms with Gasteiger partial charge in [0.05, 0.1) is 40.3 Å². The van der Waals surface area contributed by atoms with E-state index in [1.807, 2.05) is 0 Å². The van der Waals surface area contributed by atoms with Crippen LogP contribution in [0.5, 0.6) is 0 Å². The van der Waals surface area contributed by atoms with Gasteiger partial charge < -0.3 is 28.6 Å². The van der Waals surface area contributed by atoms with Crippen LogP contribution in [0.25, 0.3) is 0 Å². The highest BCUT2D eigenvalue weighted by molar-refractivity contribution is 5.70. The molecule has 380 valence electrons. The fourth-order valence-electron chi connectivity index (χ4n) is 8.22. The Morgan fingerprint density at radius 2 is 0.815 bits per heavy atom. The fraction of sp³-hybridized carbons (Fsp3) is 0.842. The van der Waals surface area contributed by atoms with Crippen LogP contribution in [0.4, 0.5) is 0 Å². The molecule has 0 aliphatic heterocycles. The average molecular weight is 916 g/mol. The van der Waals surface area contributed by atoms with Gasteiger partial charge in [0, 0.05) is 19.3 Å². The first kappa shape index (κ1) is 62.5. The molecular weight excluding hydrogens is 811 g/mol. The number of aliphatic carboxylic acids is 1. The first-order chi connectivity index (χ1) is 31.6. The summed E-state index contributed by atoms with van der Waals surface area (Å²) in [6.45, 7) is 4.68. The van der Waals surface area contributed by atoms with E-state index in [2.05, 4.69) is 50.3 Å². The lowest BCUT2D eigenvalue weighted by atomic mass is 10.1. The van der Waals surface area contributed by atoms with Crippen molar-refractivity contribution < 1.29 is 38.2 Å². The van der Waals surface area contributed by atoms with Gasteiger partial charge in [-0.3, -0.25) is 9.59 Å². The van der Waals surface area contributed by atoms with Crippen LogP contribution < -0.4 is 5.11 Å². The number of esters is 2. The Morgan fingerprint density at radius 3 is 1.20 bits per heavy atom. The lowest BCUT2D eigenvalue weighted by Gasteiger charge is -2.34. The predicted molar refractivity (Wildman–Crippen MR) is 273 cm³/mol. The van der Waals surface area contributed by atoms with Gasteiger partial charge in [-0.1, -0.05) is 204 Å². The highest BCUT2D eigenvalue weighted by Crippen LogP contribution is 2.15. The Labute approximate surface area is 402 Å². The third-order valence-electron chi connectivity index (χ3n) is 12.5. The number of allylic oxidation sites excluding steroid dienone is 6. The zero-order chi connectivity index (χ0) is 47.7. The number of nitrogens with zero attached hydrogens (tertiary/aromatic N) is 1. The van der Waals surface area contributed by atoms with E-state index in [0.29, 0.717) is 12.8 Å². The SMILES string of the molecule is CCCCCCCCCC/C=C/C/C=C/CCCCCCCCCC(=O)OC(COCCC(C(=O)[O-])[N+](C)(C)C)COC(=O)CCCCCCCCC/C=C/CCCCCCCCCC. The van der Waals surface area contributed by atoms with Crippen LogP contribution in [0.1, 0.15) is 258 Å². The number of ether oxygens (including phenoxy) is 3. The Bertz CT molecular complexity index is 1160. The van der Waals surface area contributed by atoms with E-state index in [4.69, 9.17) is 14.2 Å². The predicted octanol–water partition coefficient (Wildman–Crippen LogP) is 14.8. The topological polar surface area (TPSA) is 102 Å². The summed E-state index contributed by atoms with van der Waals surface area (Å²) in [5, 5.41) is 11.7. The maximum absolute atomic E-state index is 12.8. The lowest BCUT2D eigenvalue weighted by molar-refractivity contribution is -0.889. The van der Waals surface area contributed by atoms with Gasteiger partial charge in [0.25, 0.3) is 0 Å². The molecule has 8 nitrogen and oxygen atoms in total. The highest BCUT2D eigenvalue weighted by atomic mass is 16.6. The van der Waals surface area contributed by atoms with E-state index in [9.17, 15) is 19.5 Å². The second-order valence-electron chi connectivity index (χ2n) is 19.8. The van der Waals surface area contributed by atoms with Crippen molar-refractivity contribution in [2.45, 2.75) is 270 Å². The van der Waals surface area contributed by atoms with Crippen LogP contribution in [-0.2, 0) is 28.6 Å². The molecule has 8 heteroatoms. The van der Waals surface area contributed by atoms with Crippen LogP contribution in [0, 0.1) is 0 Å². The minimum absolute atomic E-state index is 0.0379. The zero-order valence-electron chi connectivity index (χ0n) is 43.4. The van der Waals surface area contributed by atoms with E-state index in [1.54, 1.807) is 21.1 Å². The number of likely N-dealkylation sites (N-methyl/N-ethyl adjacent to an activating group) is 1. The first-order valence-corrected chi connectivity index (χ1v) is 27.5. The molecule has 0 spiro atoms. The molecule has 0 aromatic carbocycles. The smallest absolute Gasteiger partial charge is 0.306 e. The maximum Gasteiger partial charge on any atom is 0.306 e. The summed E-state index contributed by atoms with van der Waals surface area (Å²) in [5.74, 6) is -1.74. The van der Waals surface area contributed by atoms with Crippen molar-refractivity contribution in [2.75, 3.05) is 41.0 Å². The quantitative estimate of drug-likeness (QED) is 0.0259. The van der Waals surface area contributed by atoms with Crippen LogP contribution in [-0.4, -0.2) is 75.5 Å². The van der Waals surface area contributed by atoms with Gasteiger partial charge in [-0.15, -0.1) is 0 Å². The minimum Gasteiger partial charge on any atom is -0.544 e. The lowest BCUT2D eigenvalue weighted by Crippen LogP contribution is -2.55. The molecule has 65 heavy (non-hydrogen) atoms. The van der Waals surface area contributed by atoms with E-state index < -0.39 is 18.1 Å². The number of carbonyl (C=O) groups is 3. The van der Waals surface area contributed by atoms with Crippen molar-refractivity contribution >= 4 is 17.9 Å². The van der Waals surface area contributed by atoms with Crippen molar-refractivity contribution in [1.82, 2.24) is 0 Å². The molecule has 0 fully saturated rings. The van der Waals surface area contributed by atoms with Gasteiger partial charge in [-0.2, -0.15) is 0 Å². The maximum atomic E-state index is 12.8. The molecule has 0 aliphatic carbocycles. The van der Waals surface area contributed by atoms with Crippen LogP contribution >= 0.6 is 0 Å². The van der Waals surface area contributed by atoms with E-state index in [1.165, 1.54) is 173 Å². The van der Waals surface area contributed by atoms with Crippen LogP contribution in [0.3, 0.4) is 0 Å². The third-order valence-corrected chi connectivity index (χ3v) is 12.5. The molecule has 0 saturated carbocycles. The van der Waals surface area contributed by atoms with Gasteiger partial charge in [-0.05, 0) is 70.6 Å². The molecule has 0 amide bonds. The van der Waals surface area contributed by atoms with Gasteiger partial charge >= 0.3 is 11.9 Å². The summed E-state index contributed by atoms with van der Waals surface area (Å²) in [4.78, 5) is 37.1. The molecule has 0 saturated heterocycles. The number of carboxylic acid groups (broad SMARTS) is 1. The molecule has 2 unspecified atom stereocenters. The Hall–Kier alpha value is -2.45. The summed E-state index contributed by atoms with van der Waals surface area (Å²) in [5.41, 5.74) is 0. The molecule has 0 N–H and O–H groups in total. The Morgan fingerprint density at radius 1 is 0.462 bits per heavy atom. The number of quaternary nitrogens is 1. The van der Waals surface area contributed by atoms with E-state index >= 15 is 0 Å². The normalized spacial score (nSPS) is 13.1. The summed E-state index contributed by atoms with van der Waals surface area (Å²) in [6, 6.07) is -0.728. The molecule has 0 aliphatic rings. The third kappa shape index (κ3) is 46.4. The first-order valence-electron chi connectivity index (χ1n) is 27.5. The van der Waals surface area contributed by atoms with Gasteiger partial charge in [0.15, 0.2) is 6.10 Å². The molecule has 2 atom stereocenters. The number of carbonyl (C=O) groups excluding carboxylic acids is 3. The molecular formula is C57H105NO7. The monoisotopic (exact) mass is 916 g/mol. The van der Waals surface area contributed by atoms with Crippen LogP contribution in [0.15, 0.2) is 36.5 Å². The molecule has 0 aromatic heterocycles. The molecule has 0 aromatic rings. The van der Waals surface area contributed by atoms with E-state index in [-0.39, 0.29) is 42.7 Å². The molecule has 0 bridgehead atoms. The van der Waals surface area contributed by atoms with E-state index in [0.717, 1.165) is 51.4 Å². The van der Waals surface area contributed by atoms with Gasteiger partial charge in [0.2, 0.25) is 0 Å². The second kappa shape index (κ2) is 48.0. The Kier molecular flexibility index (Phi) is 46.2. The Balaban J connectivity index is 4.22. The van der Waals surface area contributed by atoms with Crippen molar-refractivity contribution in [1.29, 1.82) is 0 Å². The number of unbranched alkanes of at least 4 members (excludes halogenated alkanes) is 30. The highest BCUT2D eigenvalue weighted by Gasteiger charge is 2.25. The number of hydrogen-bond acceptors (Lipinski definition) is 7. The standard InChI is InChI=1S/C57H105NO7/c1-6-8-10-12-14-16-18-20-22-24-26-27-28-30-32-34-36-38-40-42-44-46-48-56(60)65-53(51-63-50-49-54(57(61)62)58(3,4)5)52-64-55(59)47-45-43-41-39-37-35-33-31-29-25-23-21-19-17-15-13-11-9-7-2/h24-26,28-30,53-54H,6-23,27,31-52H2,1-5H3/b26-24+,29-25+,30-28+.